The minimum absolute atomic E-state index is 0.0477. The molecule has 21 heavy (non-hydrogen) atoms. The Labute approximate surface area is 128 Å². The van der Waals surface area contributed by atoms with Gasteiger partial charge in [-0.25, -0.2) is 4.79 Å². The average molecular weight is 295 g/mol. The molecule has 2 aliphatic rings. The Morgan fingerprint density at radius 1 is 1.29 bits per heavy atom. The fourth-order valence-corrected chi connectivity index (χ4v) is 3.28. The molecule has 2 fully saturated rings. The van der Waals surface area contributed by atoms with Gasteiger partial charge in [-0.15, -0.1) is 0 Å². The van der Waals surface area contributed by atoms with Gasteiger partial charge in [0.1, 0.15) is 0 Å². The van der Waals surface area contributed by atoms with Crippen LogP contribution in [0, 0.1) is 5.92 Å². The van der Waals surface area contributed by atoms with Crippen molar-refractivity contribution in [2.24, 2.45) is 5.92 Å². The number of amides is 2. The summed E-state index contributed by atoms with van der Waals surface area (Å²) in [5.41, 5.74) is 1.20. The number of aliphatic hydroxyl groups excluding tert-OH is 1. The maximum absolute atomic E-state index is 12.3. The Bertz CT molecular complexity index is 365. The number of urea groups is 1. The van der Waals surface area contributed by atoms with Crippen LogP contribution >= 0.6 is 0 Å². The van der Waals surface area contributed by atoms with Crippen LogP contribution in [0.2, 0.25) is 0 Å². The van der Waals surface area contributed by atoms with Crippen molar-refractivity contribution < 1.29 is 9.90 Å². The van der Waals surface area contributed by atoms with Crippen LogP contribution in [0.4, 0.5) is 4.79 Å². The summed E-state index contributed by atoms with van der Waals surface area (Å²) in [7, 11) is 0. The third-order valence-corrected chi connectivity index (χ3v) is 4.47. The first-order valence-electron chi connectivity index (χ1n) is 8.11. The average Bonchev–Trinajstić information content (AvgIpc) is 2.49. The first-order chi connectivity index (χ1) is 10.1. The minimum Gasteiger partial charge on any atom is -0.396 e. The van der Waals surface area contributed by atoms with Gasteiger partial charge in [0.25, 0.3) is 0 Å². The lowest BCUT2D eigenvalue weighted by Crippen LogP contribution is -2.51. The normalized spacial score (nSPS) is 24.9. The molecule has 0 bridgehead atoms. The van der Waals surface area contributed by atoms with Gasteiger partial charge in [-0.1, -0.05) is 12.2 Å². The van der Waals surface area contributed by atoms with Gasteiger partial charge in [0, 0.05) is 45.4 Å². The molecule has 2 amide bonds. The molecule has 0 aliphatic carbocycles. The molecule has 5 heteroatoms. The molecule has 0 aromatic rings. The Kier molecular flexibility index (Phi) is 6.06. The van der Waals surface area contributed by atoms with Crippen LogP contribution in [-0.4, -0.2) is 66.3 Å². The van der Waals surface area contributed by atoms with Gasteiger partial charge >= 0.3 is 6.03 Å². The number of hydrogen-bond acceptors (Lipinski definition) is 3. The summed E-state index contributed by atoms with van der Waals surface area (Å²) in [6, 6.07) is 0.333. The van der Waals surface area contributed by atoms with Crippen LogP contribution in [0.3, 0.4) is 0 Å². The first kappa shape index (κ1) is 16.3. The van der Waals surface area contributed by atoms with Crippen molar-refractivity contribution in [2.75, 3.05) is 39.3 Å². The van der Waals surface area contributed by atoms with Crippen molar-refractivity contribution in [3.8, 4) is 0 Å². The van der Waals surface area contributed by atoms with Crippen molar-refractivity contribution in [3.05, 3.63) is 12.2 Å². The number of aliphatic hydroxyl groups is 1. The highest BCUT2D eigenvalue weighted by Crippen LogP contribution is 2.17. The maximum Gasteiger partial charge on any atom is 0.317 e. The molecular formula is C16H29N3O2. The summed E-state index contributed by atoms with van der Waals surface area (Å²) >= 11 is 0. The minimum atomic E-state index is 0.0477. The zero-order chi connectivity index (χ0) is 15.2. The van der Waals surface area contributed by atoms with E-state index in [1.807, 2.05) is 4.90 Å². The van der Waals surface area contributed by atoms with Gasteiger partial charge < -0.3 is 15.3 Å². The summed E-state index contributed by atoms with van der Waals surface area (Å²) in [6.45, 7) is 10.7. The van der Waals surface area contributed by atoms with Crippen molar-refractivity contribution in [2.45, 2.75) is 38.6 Å². The summed E-state index contributed by atoms with van der Waals surface area (Å²) in [6.07, 6.45) is 4.04. The van der Waals surface area contributed by atoms with Crippen LogP contribution < -0.4 is 5.32 Å². The van der Waals surface area contributed by atoms with E-state index >= 15 is 0 Å². The second kappa shape index (κ2) is 7.80. The molecule has 0 radical (unpaired) electrons. The molecule has 2 N–H and O–H groups in total. The van der Waals surface area contributed by atoms with Gasteiger partial charge in [0.05, 0.1) is 0 Å². The van der Waals surface area contributed by atoms with E-state index in [-0.39, 0.29) is 24.6 Å². The molecule has 120 valence electrons. The summed E-state index contributed by atoms with van der Waals surface area (Å²) in [4.78, 5) is 16.6. The van der Waals surface area contributed by atoms with E-state index < -0.39 is 0 Å². The van der Waals surface area contributed by atoms with Crippen LogP contribution in [0.15, 0.2) is 12.2 Å². The molecule has 2 aliphatic heterocycles. The fourth-order valence-electron chi connectivity index (χ4n) is 3.28. The van der Waals surface area contributed by atoms with Crippen LogP contribution in [0.5, 0.6) is 0 Å². The molecule has 5 nitrogen and oxygen atoms in total. The highest BCUT2D eigenvalue weighted by atomic mass is 16.3. The second-order valence-corrected chi connectivity index (χ2v) is 6.59. The molecule has 0 aromatic carbocycles. The van der Waals surface area contributed by atoms with Gasteiger partial charge in [-0.2, -0.15) is 0 Å². The van der Waals surface area contributed by atoms with Crippen molar-refractivity contribution in [3.63, 3.8) is 0 Å². The van der Waals surface area contributed by atoms with E-state index in [1.165, 1.54) is 5.57 Å². The Morgan fingerprint density at radius 2 is 2.00 bits per heavy atom. The van der Waals surface area contributed by atoms with Crippen molar-refractivity contribution in [1.82, 2.24) is 15.1 Å². The van der Waals surface area contributed by atoms with Gasteiger partial charge in [-0.05, 0) is 38.5 Å². The monoisotopic (exact) mass is 295 g/mol. The largest absolute Gasteiger partial charge is 0.396 e. The lowest BCUT2D eigenvalue weighted by molar-refractivity contribution is 0.124. The number of carbonyl (C=O) groups excluding carboxylic acids is 1. The van der Waals surface area contributed by atoms with Crippen molar-refractivity contribution in [1.29, 1.82) is 0 Å². The molecule has 2 heterocycles. The molecule has 0 aromatic heterocycles. The van der Waals surface area contributed by atoms with Crippen LogP contribution in [0.25, 0.3) is 0 Å². The number of piperidine rings is 2. The highest BCUT2D eigenvalue weighted by molar-refractivity contribution is 5.74. The molecule has 1 unspecified atom stereocenters. The number of nitrogens with zero attached hydrogens (tertiary/aromatic N) is 2. The zero-order valence-electron chi connectivity index (χ0n) is 13.2. The standard InChI is InChI=1S/C16H29N3O2/c1-13(2)10-18-8-5-15(6-9-18)17-16(21)19-7-3-4-14(11-19)12-20/h14-15,20H,1,3-12H2,2H3,(H,17,21). The smallest absolute Gasteiger partial charge is 0.317 e. The van der Waals surface area contributed by atoms with E-state index in [0.29, 0.717) is 6.54 Å². The quantitative estimate of drug-likeness (QED) is 0.772. The van der Waals surface area contributed by atoms with E-state index in [1.54, 1.807) is 0 Å². The number of nitrogens with one attached hydrogen (secondary N) is 1. The molecule has 0 saturated carbocycles. The molecule has 1 atom stereocenters. The van der Waals surface area contributed by atoms with E-state index in [0.717, 1.165) is 51.9 Å². The topological polar surface area (TPSA) is 55.8 Å². The number of rotatable bonds is 4. The molecule has 2 rings (SSSR count). The second-order valence-electron chi connectivity index (χ2n) is 6.59. The summed E-state index contributed by atoms with van der Waals surface area (Å²) in [5.74, 6) is 0.252. The summed E-state index contributed by atoms with van der Waals surface area (Å²) < 4.78 is 0. The predicted octanol–water partition coefficient (Wildman–Crippen LogP) is 1.44. The van der Waals surface area contributed by atoms with E-state index in [2.05, 4.69) is 23.7 Å². The van der Waals surface area contributed by atoms with Crippen LogP contribution in [-0.2, 0) is 0 Å². The fraction of sp³-hybridized carbons (Fsp3) is 0.812. The number of hydrogen-bond donors (Lipinski definition) is 2. The lowest BCUT2D eigenvalue weighted by atomic mass is 9.99. The number of likely N-dealkylation sites (tertiary alicyclic amines) is 2. The zero-order valence-corrected chi connectivity index (χ0v) is 13.2. The third kappa shape index (κ3) is 5.00. The Hall–Kier alpha value is -1.07. The predicted molar refractivity (Wildman–Crippen MR) is 84.2 cm³/mol. The van der Waals surface area contributed by atoms with Gasteiger partial charge in [-0.3, -0.25) is 4.90 Å². The van der Waals surface area contributed by atoms with Gasteiger partial charge in [0.15, 0.2) is 0 Å². The Morgan fingerprint density at radius 3 is 2.62 bits per heavy atom. The highest BCUT2D eigenvalue weighted by Gasteiger charge is 2.26. The van der Waals surface area contributed by atoms with Gasteiger partial charge in [0.2, 0.25) is 0 Å². The third-order valence-electron chi connectivity index (χ3n) is 4.47. The first-order valence-corrected chi connectivity index (χ1v) is 8.11. The summed E-state index contributed by atoms with van der Waals surface area (Å²) in [5, 5.41) is 12.4. The van der Waals surface area contributed by atoms with Crippen LogP contribution in [0.1, 0.15) is 32.6 Å². The van der Waals surface area contributed by atoms with E-state index in [9.17, 15) is 9.90 Å². The SMILES string of the molecule is C=C(C)CN1CCC(NC(=O)N2CCCC(CO)C2)CC1. The number of carbonyl (C=O) groups is 1. The molecular weight excluding hydrogens is 266 g/mol. The van der Waals surface area contributed by atoms with E-state index in [4.69, 9.17) is 0 Å². The molecule has 0 spiro atoms. The maximum atomic E-state index is 12.3. The lowest BCUT2D eigenvalue weighted by Gasteiger charge is -2.36. The Balaban J connectivity index is 1.72. The molecule has 2 saturated heterocycles. The van der Waals surface area contributed by atoms with Crippen molar-refractivity contribution >= 4 is 6.03 Å².